The van der Waals surface area contributed by atoms with Crippen LogP contribution in [0, 0.1) is 6.92 Å². The van der Waals surface area contributed by atoms with Crippen molar-refractivity contribution in [3.63, 3.8) is 0 Å². The summed E-state index contributed by atoms with van der Waals surface area (Å²) in [6, 6.07) is 0. The molecule has 1 fully saturated rings. The molecule has 1 aromatic rings. The smallest absolute Gasteiger partial charge is 0.223 e. The van der Waals surface area contributed by atoms with Crippen molar-refractivity contribution in [2.24, 2.45) is 0 Å². The van der Waals surface area contributed by atoms with E-state index in [1.807, 2.05) is 11.8 Å². The van der Waals surface area contributed by atoms with E-state index in [1.54, 1.807) is 11.3 Å². The van der Waals surface area contributed by atoms with E-state index in [0.717, 1.165) is 49.7 Å². The van der Waals surface area contributed by atoms with Crippen molar-refractivity contribution in [2.45, 2.75) is 32.7 Å². The number of likely N-dealkylation sites (tertiary alicyclic amines) is 1. The average molecular weight is 253 g/mol. The van der Waals surface area contributed by atoms with E-state index in [2.05, 4.69) is 15.7 Å². The summed E-state index contributed by atoms with van der Waals surface area (Å²) < 4.78 is 0. The van der Waals surface area contributed by atoms with Gasteiger partial charge in [-0.15, -0.1) is 11.3 Å². The second kappa shape index (κ2) is 6.12. The molecule has 2 heterocycles. The molecule has 0 spiro atoms. The fraction of sp³-hybridized carbons (Fsp3) is 0.667. The van der Waals surface area contributed by atoms with Crippen LogP contribution in [-0.2, 0) is 11.3 Å². The standard InChI is InChI=1S/C12H19N3OS/c1-10-14-11(9-17-10)8-13-5-4-12(16)15-6-2-3-7-15/h9,13H,2-8H2,1H3. The first kappa shape index (κ1) is 12.5. The van der Waals surface area contributed by atoms with Crippen LogP contribution in [0.25, 0.3) is 0 Å². The molecule has 94 valence electrons. The molecule has 4 nitrogen and oxygen atoms in total. The molecule has 0 atom stereocenters. The Labute approximate surface area is 106 Å². The maximum atomic E-state index is 11.7. The minimum Gasteiger partial charge on any atom is -0.343 e. The molecule has 1 N–H and O–H groups in total. The summed E-state index contributed by atoms with van der Waals surface area (Å²) in [7, 11) is 0. The van der Waals surface area contributed by atoms with E-state index >= 15 is 0 Å². The van der Waals surface area contributed by atoms with Crippen LogP contribution in [0.4, 0.5) is 0 Å². The number of hydrogen-bond donors (Lipinski definition) is 1. The Morgan fingerprint density at radius 3 is 2.94 bits per heavy atom. The Morgan fingerprint density at radius 2 is 2.29 bits per heavy atom. The number of carbonyl (C=O) groups excluding carboxylic acids is 1. The molecule has 1 aliphatic rings. The number of aryl methyl sites for hydroxylation is 1. The van der Waals surface area contributed by atoms with Gasteiger partial charge in [0.05, 0.1) is 10.7 Å². The van der Waals surface area contributed by atoms with E-state index in [1.165, 1.54) is 0 Å². The molecule has 1 amide bonds. The van der Waals surface area contributed by atoms with E-state index < -0.39 is 0 Å². The fourth-order valence-corrected chi connectivity index (χ4v) is 2.64. The molecule has 0 radical (unpaired) electrons. The van der Waals surface area contributed by atoms with Gasteiger partial charge in [0, 0.05) is 38.0 Å². The summed E-state index contributed by atoms with van der Waals surface area (Å²) in [5.41, 5.74) is 1.07. The van der Waals surface area contributed by atoms with Gasteiger partial charge in [-0.25, -0.2) is 4.98 Å². The zero-order valence-corrected chi connectivity index (χ0v) is 11.1. The molecule has 0 aliphatic carbocycles. The number of amides is 1. The lowest BCUT2D eigenvalue weighted by Gasteiger charge is -2.14. The van der Waals surface area contributed by atoms with Crippen molar-refractivity contribution in [3.05, 3.63) is 16.1 Å². The predicted molar refractivity (Wildman–Crippen MR) is 69.0 cm³/mol. The highest BCUT2D eigenvalue weighted by Crippen LogP contribution is 2.09. The maximum Gasteiger partial charge on any atom is 0.223 e. The van der Waals surface area contributed by atoms with Gasteiger partial charge in [0.1, 0.15) is 0 Å². The van der Waals surface area contributed by atoms with Gasteiger partial charge in [-0.05, 0) is 19.8 Å². The number of thiazole rings is 1. The van der Waals surface area contributed by atoms with Crippen molar-refractivity contribution in [2.75, 3.05) is 19.6 Å². The van der Waals surface area contributed by atoms with Gasteiger partial charge in [-0.2, -0.15) is 0 Å². The zero-order chi connectivity index (χ0) is 12.1. The summed E-state index contributed by atoms with van der Waals surface area (Å²) >= 11 is 1.66. The largest absolute Gasteiger partial charge is 0.343 e. The van der Waals surface area contributed by atoms with Crippen molar-refractivity contribution in [1.29, 1.82) is 0 Å². The van der Waals surface area contributed by atoms with Crippen LogP contribution in [0.1, 0.15) is 30.0 Å². The van der Waals surface area contributed by atoms with Gasteiger partial charge < -0.3 is 10.2 Å². The van der Waals surface area contributed by atoms with Crippen LogP contribution in [0.5, 0.6) is 0 Å². The van der Waals surface area contributed by atoms with Crippen molar-refractivity contribution in [1.82, 2.24) is 15.2 Å². The van der Waals surface area contributed by atoms with E-state index in [-0.39, 0.29) is 5.91 Å². The summed E-state index contributed by atoms with van der Waals surface area (Å²) in [6.07, 6.45) is 2.93. The highest BCUT2D eigenvalue weighted by atomic mass is 32.1. The van der Waals surface area contributed by atoms with Crippen molar-refractivity contribution < 1.29 is 4.79 Å². The van der Waals surface area contributed by atoms with Crippen LogP contribution in [0.3, 0.4) is 0 Å². The van der Waals surface area contributed by atoms with Gasteiger partial charge in [0.15, 0.2) is 0 Å². The third-order valence-corrected chi connectivity index (χ3v) is 3.77. The zero-order valence-electron chi connectivity index (χ0n) is 10.2. The van der Waals surface area contributed by atoms with E-state index in [0.29, 0.717) is 6.42 Å². The van der Waals surface area contributed by atoms with Gasteiger partial charge in [-0.1, -0.05) is 0 Å². The first-order valence-corrected chi connectivity index (χ1v) is 7.03. The summed E-state index contributed by atoms with van der Waals surface area (Å²) in [5, 5.41) is 6.42. The van der Waals surface area contributed by atoms with Gasteiger partial charge >= 0.3 is 0 Å². The van der Waals surface area contributed by atoms with Crippen LogP contribution < -0.4 is 5.32 Å². The monoisotopic (exact) mass is 253 g/mol. The highest BCUT2D eigenvalue weighted by molar-refractivity contribution is 7.09. The third-order valence-electron chi connectivity index (χ3n) is 2.95. The Hall–Kier alpha value is -0.940. The molecule has 1 aromatic heterocycles. The van der Waals surface area contributed by atoms with Crippen molar-refractivity contribution in [3.8, 4) is 0 Å². The molecule has 0 saturated carbocycles. The van der Waals surface area contributed by atoms with E-state index in [9.17, 15) is 4.79 Å². The molecule has 5 heteroatoms. The quantitative estimate of drug-likeness (QED) is 0.810. The molecule has 0 aromatic carbocycles. The SMILES string of the molecule is Cc1nc(CNCCC(=O)N2CCCC2)cs1. The number of nitrogens with one attached hydrogen (secondary N) is 1. The van der Waals surface area contributed by atoms with Crippen LogP contribution in [-0.4, -0.2) is 35.4 Å². The summed E-state index contributed by atoms with van der Waals surface area (Å²) in [6.45, 7) is 5.41. The molecule has 1 aliphatic heterocycles. The topological polar surface area (TPSA) is 45.2 Å². The Morgan fingerprint density at radius 1 is 1.53 bits per heavy atom. The summed E-state index contributed by atoms with van der Waals surface area (Å²) in [5.74, 6) is 0.282. The minimum absolute atomic E-state index is 0.282. The normalized spacial score (nSPS) is 15.5. The van der Waals surface area contributed by atoms with Crippen LogP contribution in [0.15, 0.2) is 5.38 Å². The number of aromatic nitrogens is 1. The Bertz CT molecular complexity index is 372. The second-order valence-corrected chi connectivity index (χ2v) is 5.43. The minimum atomic E-state index is 0.282. The lowest BCUT2D eigenvalue weighted by Crippen LogP contribution is -2.30. The third kappa shape index (κ3) is 3.78. The number of rotatable bonds is 5. The lowest BCUT2D eigenvalue weighted by molar-refractivity contribution is -0.130. The Kier molecular flexibility index (Phi) is 4.50. The molecule has 17 heavy (non-hydrogen) atoms. The fourth-order valence-electron chi connectivity index (χ4n) is 2.03. The molecule has 1 saturated heterocycles. The molecule has 0 unspecified atom stereocenters. The Balaban J connectivity index is 1.61. The molecule has 0 bridgehead atoms. The second-order valence-electron chi connectivity index (χ2n) is 4.37. The maximum absolute atomic E-state index is 11.7. The molecular weight excluding hydrogens is 234 g/mol. The number of hydrogen-bond acceptors (Lipinski definition) is 4. The number of nitrogens with zero attached hydrogens (tertiary/aromatic N) is 2. The summed E-state index contributed by atoms with van der Waals surface area (Å²) in [4.78, 5) is 18.1. The average Bonchev–Trinajstić information content (AvgIpc) is 2.95. The number of carbonyl (C=O) groups is 1. The lowest BCUT2D eigenvalue weighted by atomic mass is 10.3. The van der Waals surface area contributed by atoms with Gasteiger partial charge in [0.25, 0.3) is 0 Å². The first-order chi connectivity index (χ1) is 8.25. The van der Waals surface area contributed by atoms with Crippen LogP contribution >= 0.6 is 11.3 Å². The molecule has 2 rings (SSSR count). The van der Waals surface area contributed by atoms with Crippen molar-refractivity contribution >= 4 is 17.2 Å². The molecular formula is C12H19N3OS. The van der Waals surface area contributed by atoms with Gasteiger partial charge in [0.2, 0.25) is 5.91 Å². The first-order valence-electron chi connectivity index (χ1n) is 6.15. The van der Waals surface area contributed by atoms with E-state index in [4.69, 9.17) is 0 Å². The van der Waals surface area contributed by atoms with Gasteiger partial charge in [-0.3, -0.25) is 4.79 Å². The predicted octanol–water partition coefficient (Wildman–Crippen LogP) is 1.55. The van der Waals surface area contributed by atoms with Crippen LogP contribution in [0.2, 0.25) is 0 Å². The highest BCUT2D eigenvalue weighted by Gasteiger charge is 2.16.